The molecule has 1 heterocycles. The molecule has 0 aromatic carbocycles. The summed E-state index contributed by atoms with van der Waals surface area (Å²) in [5.41, 5.74) is 0. The molecular weight excluding hydrogens is 182 g/mol. The Hall–Kier alpha value is -0.610. The summed E-state index contributed by atoms with van der Waals surface area (Å²) in [7, 11) is 0. The maximum atomic E-state index is 11.6. The molecule has 0 aromatic rings. The van der Waals surface area contributed by atoms with Crippen LogP contribution in [0.4, 0.5) is 0 Å². The number of carbonyl (C=O) groups is 1. The van der Waals surface area contributed by atoms with Crippen LogP contribution >= 0.6 is 0 Å². The lowest BCUT2D eigenvalue weighted by atomic mass is 9.99. The molecule has 0 radical (unpaired) electrons. The SMILES string of the molecule is CCC(CO)NC(=O)C1CCOCC1. The van der Waals surface area contributed by atoms with Gasteiger partial charge < -0.3 is 15.2 Å². The standard InChI is InChI=1S/C10H19NO3/c1-2-9(7-12)11-10(13)8-3-5-14-6-4-8/h8-9,12H,2-7H2,1H3,(H,11,13). The first kappa shape index (κ1) is 11.5. The van der Waals surface area contributed by atoms with Crippen molar-refractivity contribution in [3.8, 4) is 0 Å². The van der Waals surface area contributed by atoms with Gasteiger partial charge in [0.15, 0.2) is 0 Å². The maximum absolute atomic E-state index is 11.6. The van der Waals surface area contributed by atoms with Crippen LogP contribution in [0.15, 0.2) is 0 Å². The summed E-state index contributed by atoms with van der Waals surface area (Å²) in [5.74, 6) is 0.138. The maximum Gasteiger partial charge on any atom is 0.223 e. The number of rotatable bonds is 4. The fraction of sp³-hybridized carbons (Fsp3) is 0.900. The van der Waals surface area contributed by atoms with E-state index in [0.29, 0.717) is 13.2 Å². The van der Waals surface area contributed by atoms with Gasteiger partial charge in [-0.2, -0.15) is 0 Å². The Morgan fingerprint density at radius 3 is 2.71 bits per heavy atom. The summed E-state index contributed by atoms with van der Waals surface area (Å²) in [6.07, 6.45) is 2.37. The minimum atomic E-state index is -0.0923. The third kappa shape index (κ3) is 3.27. The highest BCUT2D eigenvalue weighted by Gasteiger charge is 2.22. The number of hydrogen-bond acceptors (Lipinski definition) is 3. The lowest BCUT2D eigenvalue weighted by Gasteiger charge is -2.23. The summed E-state index contributed by atoms with van der Waals surface area (Å²) in [6, 6.07) is -0.0923. The first-order chi connectivity index (χ1) is 6.77. The summed E-state index contributed by atoms with van der Waals surface area (Å²) in [5, 5.41) is 11.8. The average Bonchev–Trinajstić information content (AvgIpc) is 2.26. The molecule has 1 rings (SSSR count). The molecule has 1 fully saturated rings. The molecule has 0 aliphatic carbocycles. The fourth-order valence-electron chi connectivity index (χ4n) is 1.56. The van der Waals surface area contributed by atoms with Crippen LogP contribution in [0.5, 0.6) is 0 Å². The van der Waals surface area contributed by atoms with Crippen LogP contribution in [0.25, 0.3) is 0 Å². The summed E-state index contributed by atoms with van der Waals surface area (Å²) < 4.78 is 5.18. The van der Waals surface area contributed by atoms with Crippen LogP contribution in [0.1, 0.15) is 26.2 Å². The van der Waals surface area contributed by atoms with Crippen LogP contribution < -0.4 is 5.32 Å². The van der Waals surface area contributed by atoms with Crippen LogP contribution in [0.2, 0.25) is 0 Å². The van der Waals surface area contributed by atoms with Crippen LogP contribution in [0, 0.1) is 5.92 Å². The van der Waals surface area contributed by atoms with E-state index in [1.165, 1.54) is 0 Å². The average molecular weight is 201 g/mol. The third-order valence-electron chi connectivity index (χ3n) is 2.65. The Labute approximate surface area is 84.6 Å². The highest BCUT2D eigenvalue weighted by atomic mass is 16.5. The van der Waals surface area contributed by atoms with Crippen molar-refractivity contribution in [1.29, 1.82) is 0 Å². The second kappa shape index (κ2) is 5.98. The predicted octanol–water partition coefficient (Wildman–Crippen LogP) is 0.300. The number of amides is 1. The molecule has 0 spiro atoms. The van der Waals surface area contributed by atoms with Crippen molar-refractivity contribution in [3.05, 3.63) is 0 Å². The Balaban J connectivity index is 2.32. The number of aliphatic hydroxyl groups excluding tert-OH is 1. The van der Waals surface area contributed by atoms with E-state index in [9.17, 15) is 4.79 Å². The number of ether oxygens (including phenoxy) is 1. The Morgan fingerprint density at radius 1 is 1.57 bits per heavy atom. The molecule has 1 amide bonds. The quantitative estimate of drug-likeness (QED) is 0.687. The van der Waals surface area contributed by atoms with Crippen molar-refractivity contribution in [3.63, 3.8) is 0 Å². The van der Waals surface area contributed by atoms with Gasteiger partial charge in [-0.1, -0.05) is 6.92 Å². The molecule has 1 atom stereocenters. The molecule has 4 heteroatoms. The van der Waals surface area contributed by atoms with Crippen molar-refractivity contribution in [2.24, 2.45) is 5.92 Å². The van der Waals surface area contributed by atoms with Gasteiger partial charge in [0.1, 0.15) is 0 Å². The molecule has 4 nitrogen and oxygen atoms in total. The highest BCUT2D eigenvalue weighted by Crippen LogP contribution is 2.14. The first-order valence-corrected chi connectivity index (χ1v) is 5.27. The van der Waals surface area contributed by atoms with Crippen molar-refractivity contribution in [1.82, 2.24) is 5.32 Å². The van der Waals surface area contributed by atoms with E-state index in [2.05, 4.69) is 5.32 Å². The molecule has 0 bridgehead atoms. The van der Waals surface area contributed by atoms with E-state index in [1.54, 1.807) is 0 Å². The number of carbonyl (C=O) groups excluding carboxylic acids is 1. The van der Waals surface area contributed by atoms with E-state index in [0.717, 1.165) is 19.3 Å². The number of aliphatic hydroxyl groups is 1. The predicted molar refractivity (Wildman–Crippen MR) is 52.9 cm³/mol. The topological polar surface area (TPSA) is 58.6 Å². The minimum Gasteiger partial charge on any atom is -0.394 e. The molecule has 1 unspecified atom stereocenters. The Bertz CT molecular complexity index is 174. The molecule has 2 N–H and O–H groups in total. The fourth-order valence-corrected chi connectivity index (χ4v) is 1.56. The van der Waals surface area contributed by atoms with Crippen LogP contribution in [-0.4, -0.2) is 36.9 Å². The van der Waals surface area contributed by atoms with Gasteiger partial charge in [-0.25, -0.2) is 0 Å². The zero-order valence-electron chi connectivity index (χ0n) is 8.66. The summed E-state index contributed by atoms with van der Waals surface area (Å²) >= 11 is 0. The highest BCUT2D eigenvalue weighted by molar-refractivity contribution is 5.79. The van der Waals surface area contributed by atoms with E-state index >= 15 is 0 Å². The lowest BCUT2D eigenvalue weighted by molar-refractivity contribution is -0.128. The first-order valence-electron chi connectivity index (χ1n) is 5.27. The molecule has 0 aromatic heterocycles. The van der Waals surface area contributed by atoms with Gasteiger partial charge in [0, 0.05) is 19.1 Å². The lowest BCUT2D eigenvalue weighted by Crippen LogP contribution is -2.42. The van der Waals surface area contributed by atoms with Gasteiger partial charge in [-0.15, -0.1) is 0 Å². The molecular formula is C10H19NO3. The second-order valence-corrected chi connectivity index (χ2v) is 3.68. The zero-order chi connectivity index (χ0) is 10.4. The van der Waals surface area contributed by atoms with Gasteiger partial charge in [0.25, 0.3) is 0 Å². The van der Waals surface area contributed by atoms with Gasteiger partial charge in [-0.3, -0.25) is 4.79 Å². The van der Waals surface area contributed by atoms with Crippen LogP contribution in [0.3, 0.4) is 0 Å². The van der Waals surface area contributed by atoms with Crippen molar-refractivity contribution < 1.29 is 14.6 Å². The van der Waals surface area contributed by atoms with E-state index < -0.39 is 0 Å². The number of nitrogens with one attached hydrogen (secondary N) is 1. The van der Waals surface area contributed by atoms with Gasteiger partial charge in [0.2, 0.25) is 5.91 Å². The Kier molecular flexibility index (Phi) is 4.90. The smallest absolute Gasteiger partial charge is 0.223 e. The van der Waals surface area contributed by atoms with Crippen LogP contribution in [-0.2, 0) is 9.53 Å². The molecule has 1 aliphatic heterocycles. The minimum absolute atomic E-state index is 0.0193. The van der Waals surface area contributed by atoms with Crippen molar-refractivity contribution in [2.75, 3.05) is 19.8 Å². The van der Waals surface area contributed by atoms with E-state index in [1.807, 2.05) is 6.92 Å². The largest absolute Gasteiger partial charge is 0.394 e. The number of hydrogen-bond donors (Lipinski definition) is 2. The van der Waals surface area contributed by atoms with Gasteiger partial charge >= 0.3 is 0 Å². The summed E-state index contributed by atoms with van der Waals surface area (Å²) in [4.78, 5) is 11.6. The van der Waals surface area contributed by atoms with E-state index in [4.69, 9.17) is 9.84 Å². The summed E-state index contributed by atoms with van der Waals surface area (Å²) in [6.45, 7) is 3.32. The molecule has 1 aliphatic rings. The second-order valence-electron chi connectivity index (χ2n) is 3.68. The zero-order valence-corrected chi connectivity index (χ0v) is 8.66. The third-order valence-corrected chi connectivity index (χ3v) is 2.65. The van der Waals surface area contributed by atoms with E-state index in [-0.39, 0.29) is 24.5 Å². The Morgan fingerprint density at radius 2 is 2.21 bits per heavy atom. The van der Waals surface area contributed by atoms with Gasteiger partial charge in [-0.05, 0) is 19.3 Å². The normalized spacial score (nSPS) is 20.4. The molecule has 0 saturated carbocycles. The van der Waals surface area contributed by atoms with Crippen molar-refractivity contribution in [2.45, 2.75) is 32.2 Å². The molecule has 1 saturated heterocycles. The van der Waals surface area contributed by atoms with Crippen molar-refractivity contribution >= 4 is 5.91 Å². The molecule has 14 heavy (non-hydrogen) atoms. The molecule has 82 valence electrons. The van der Waals surface area contributed by atoms with Gasteiger partial charge in [0.05, 0.1) is 12.6 Å². The monoisotopic (exact) mass is 201 g/mol.